The number of amides is 2. The van der Waals surface area contributed by atoms with Gasteiger partial charge in [-0.25, -0.2) is 15.0 Å². The molecule has 1 atom stereocenters. The van der Waals surface area contributed by atoms with Crippen LogP contribution in [-0.2, 0) is 0 Å². The normalized spacial score (nSPS) is 14.3. The lowest BCUT2D eigenvalue weighted by molar-refractivity contribution is -0.274. The molecule has 0 bridgehead atoms. The van der Waals surface area contributed by atoms with Crippen molar-refractivity contribution < 1.29 is 27.5 Å². The molecule has 0 aliphatic heterocycles. The summed E-state index contributed by atoms with van der Waals surface area (Å²) in [5.41, 5.74) is 0.00946. The van der Waals surface area contributed by atoms with Crippen LogP contribution in [0.2, 0.25) is 5.02 Å². The van der Waals surface area contributed by atoms with Crippen LogP contribution in [0.15, 0.2) is 30.6 Å². The number of hydrogen-bond acceptors (Lipinski definition) is 7. The lowest BCUT2D eigenvalue weighted by atomic mass is 10.2. The van der Waals surface area contributed by atoms with Gasteiger partial charge in [0.2, 0.25) is 0 Å². The van der Waals surface area contributed by atoms with E-state index in [0.717, 1.165) is 25.0 Å². The number of hydrogen-bond donors (Lipinski definition) is 1. The molecule has 2 heterocycles. The van der Waals surface area contributed by atoms with Gasteiger partial charge in [0, 0.05) is 36.7 Å². The number of alkyl halides is 3. The predicted octanol–water partition coefficient (Wildman–Crippen LogP) is 3.68. The minimum Gasteiger partial charge on any atom is -0.406 e. The van der Waals surface area contributed by atoms with E-state index in [1.807, 2.05) is 0 Å². The fourth-order valence-corrected chi connectivity index (χ4v) is 3.57. The van der Waals surface area contributed by atoms with Gasteiger partial charge in [-0.2, -0.15) is 4.68 Å². The van der Waals surface area contributed by atoms with Crippen molar-refractivity contribution in [1.29, 1.82) is 0 Å². The largest absolute Gasteiger partial charge is 0.573 e. The summed E-state index contributed by atoms with van der Waals surface area (Å²) in [6, 6.07) is 3.83. The zero-order chi connectivity index (χ0) is 26.2. The number of carbonyl (C=O) groups excluding carboxylic acids is 2. The maximum atomic E-state index is 12.9. The van der Waals surface area contributed by atoms with Gasteiger partial charge in [0.15, 0.2) is 17.5 Å². The third kappa shape index (κ3) is 5.90. The monoisotopic (exact) mass is 523 g/mol. The van der Waals surface area contributed by atoms with Crippen molar-refractivity contribution in [3.63, 3.8) is 0 Å². The van der Waals surface area contributed by atoms with Crippen LogP contribution in [0.25, 0.3) is 5.82 Å². The lowest BCUT2D eigenvalue weighted by Gasteiger charge is -2.16. The first kappa shape index (κ1) is 25.4. The predicted molar refractivity (Wildman–Crippen MR) is 121 cm³/mol. The number of benzene rings is 1. The highest BCUT2D eigenvalue weighted by atomic mass is 35.5. The maximum absolute atomic E-state index is 12.9. The Balaban J connectivity index is 1.63. The van der Waals surface area contributed by atoms with E-state index in [9.17, 15) is 22.8 Å². The van der Waals surface area contributed by atoms with Crippen LogP contribution in [-0.4, -0.2) is 61.9 Å². The number of aromatic nitrogens is 5. The molecule has 2 amide bonds. The number of nitrogens with zero attached hydrogens (tertiary/aromatic N) is 6. The Labute approximate surface area is 208 Å². The molecular weight excluding hydrogens is 503 g/mol. The van der Waals surface area contributed by atoms with E-state index >= 15 is 0 Å². The van der Waals surface area contributed by atoms with Crippen molar-refractivity contribution in [2.45, 2.75) is 38.1 Å². The Kier molecular flexibility index (Phi) is 6.85. The highest BCUT2D eigenvalue weighted by Crippen LogP contribution is 2.38. The standard InChI is InChI=1S/C22H21ClF3N7O3/c1-11(29-20(34)13-6-14(23)8-15(7-13)36-22(24,25)26)19-30-18(12-4-5-12)31-33(19)17-9-16(27-10-28-17)21(35)32(2)3/h6-12H,4-5H2,1-3H3,(H,29,34)/t11-/m0/s1. The molecule has 36 heavy (non-hydrogen) atoms. The molecule has 0 spiro atoms. The van der Waals surface area contributed by atoms with Gasteiger partial charge in [-0.1, -0.05) is 11.6 Å². The molecule has 0 saturated heterocycles. The van der Waals surface area contributed by atoms with Crippen LogP contribution < -0.4 is 10.1 Å². The van der Waals surface area contributed by atoms with Crippen molar-refractivity contribution in [2.75, 3.05) is 14.1 Å². The van der Waals surface area contributed by atoms with Gasteiger partial charge >= 0.3 is 6.36 Å². The van der Waals surface area contributed by atoms with Crippen molar-refractivity contribution in [3.8, 4) is 11.6 Å². The molecular formula is C22H21ClF3N7O3. The SMILES string of the molecule is C[C@H](NC(=O)c1cc(Cl)cc(OC(F)(F)F)c1)c1nc(C2CC2)nn1-c1cc(C(=O)N(C)C)ncn1. The van der Waals surface area contributed by atoms with E-state index in [4.69, 9.17) is 11.6 Å². The van der Waals surface area contributed by atoms with Gasteiger partial charge in [0.1, 0.15) is 17.8 Å². The Bertz CT molecular complexity index is 1310. The van der Waals surface area contributed by atoms with Gasteiger partial charge in [0.05, 0.1) is 6.04 Å². The number of carbonyl (C=O) groups is 2. The van der Waals surface area contributed by atoms with Crippen LogP contribution >= 0.6 is 11.6 Å². The molecule has 1 saturated carbocycles. The molecule has 1 aliphatic carbocycles. The maximum Gasteiger partial charge on any atom is 0.573 e. The number of ether oxygens (including phenoxy) is 1. The van der Waals surface area contributed by atoms with Gasteiger partial charge in [-0.05, 0) is 38.0 Å². The fraction of sp³-hybridized carbons (Fsp3) is 0.364. The molecule has 10 nitrogen and oxygen atoms in total. The third-order valence-corrected chi connectivity index (χ3v) is 5.41. The van der Waals surface area contributed by atoms with Crippen LogP contribution in [0.3, 0.4) is 0 Å². The van der Waals surface area contributed by atoms with Gasteiger partial charge in [-0.3, -0.25) is 9.59 Å². The van der Waals surface area contributed by atoms with E-state index in [-0.39, 0.29) is 33.9 Å². The molecule has 14 heteroatoms. The van der Waals surface area contributed by atoms with Gasteiger partial charge in [0.25, 0.3) is 11.8 Å². The molecule has 0 unspecified atom stereocenters. The highest BCUT2D eigenvalue weighted by molar-refractivity contribution is 6.31. The molecule has 4 rings (SSSR count). The zero-order valence-corrected chi connectivity index (χ0v) is 20.1. The molecule has 0 radical (unpaired) electrons. The fourth-order valence-electron chi connectivity index (χ4n) is 3.34. The number of nitrogens with one attached hydrogen (secondary N) is 1. The smallest absolute Gasteiger partial charge is 0.406 e. The topological polar surface area (TPSA) is 115 Å². The first-order valence-corrected chi connectivity index (χ1v) is 11.2. The van der Waals surface area contributed by atoms with Crippen LogP contribution in [0.1, 0.15) is 64.2 Å². The van der Waals surface area contributed by atoms with Gasteiger partial charge < -0.3 is 15.0 Å². The third-order valence-electron chi connectivity index (χ3n) is 5.19. The minimum absolute atomic E-state index is 0.104. The summed E-state index contributed by atoms with van der Waals surface area (Å²) in [5.74, 6) is -0.324. The summed E-state index contributed by atoms with van der Waals surface area (Å²) >= 11 is 5.89. The van der Waals surface area contributed by atoms with E-state index in [0.29, 0.717) is 11.6 Å². The average molecular weight is 524 g/mol. The van der Waals surface area contributed by atoms with E-state index in [2.05, 4.69) is 30.1 Å². The molecule has 3 aromatic rings. The summed E-state index contributed by atoms with van der Waals surface area (Å²) in [4.78, 5) is 39.4. The lowest BCUT2D eigenvalue weighted by Crippen LogP contribution is -2.29. The highest BCUT2D eigenvalue weighted by Gasteiger charge is 2.33. The number of halogens is 4. The second-order valence-electron chi connectivity index (χ2n) is 8.39. The summed E-state index contributed by atoms with van der Waals surface area (Å²) < 4.78 is 43.2. The summed E-state index contributed by atoms with van der Waals surface area (Å²) in [5, 5.41) is 7.12. The Hall–Kier alpha value is -3.74. The van der Waals surface area contributed by atoms with E-state index in [1.165, 1.54) is 28.0 Å². The quantitative estimate of drug-likeness (QED) is 0.502. The van der Waals surface area contributed by atoms with Crippen LogP contribution in [0.4, 0.5) is 13.2 Å². The summed E-state index contributed by atoms with van der Waals surface area (Å²) in [7, 11) is 3.18. The molecule has 1 aromatic carbocycles. The molecule has 2 aromatic heterocycles. The molecule has 190 valence electrons. The van der Waals surface area contributed by atoms with Crippen molar-refractivity contribution >= 4 is 23.4 Å². The summed E-state index contributed by atoms with van der Waals surface area (Å²) in [6.45, 7) is 1.64. The zero-order valence-electron chi connectivity index (χ0n) is 19.4. The van der Waals surface area contributed by atoms with Crippen molar-refractivity contribution in [2.24, 2.45) is 0 Å². The van der Waals surface area contributed by atoms with Crippen LogP contribution in [0.5, 0.6) is 5.75 Å². The first-order chi connectivity index (χ1) is 16.9. The molecule has 1 N–H and O–H groups in total. The first-order valence-electron chi connectivity index (χ1n) is 10.8. The van der Waals surface area contributed by atoms with E-state index < -0.39 is 24.1 Å². The van der Waals surface area contributed by atoms with E-state index in [1.54, 1.807) is 21.0 Å². The average Bonchev–Trinajstić information content (AvgIpc) is 3.55. The van der Waals surface area contributed by atoms with Gasteiger partial charge in [-0.15, -0.1) is 18.3 Å². The minimum atomic E-state index is -4.94. The summed E-state index contributed by atoms with van der Waals surface area (Å²) in [6.07, 6.45) is -1.87. The second kappa shape index (κ2) is 9.72. The van der Waals surface area contributed by atoms with Crippen LogP contribution in [0, 0.1) is 0 Å². The Morgan fingerprint density at radius 1 is 1.19 bits per heavy atom. The Morgan fingerprint density at radius 2 is 1.92 bits per heavy atom. The molecule has 1 aliphatic rings. The molecule has 1 fully saturated rings. The second-order valence-corrected chi connectivity index (χ2v) is 8.83. The number of rotatable bonds is 7. The van der Waals surface area contributed by atoms with Crippen molar-refractivity contribution in [3.05, 3.63) is 58.5 Å². The van der Waals surface area contributed by atoms with Crippen molar-refractivity contribution in [1.82, 2.24) is 34.9 Å². The Morgan fingerprint density at radius 3 is 2.56 bits per heavy atom.